The predicted molar refractivity (Wildman–Crippen MR) is 119 cm³/mol. The number of piperazine rings is 1. The van der Waals surface area contributed by atoms with E-state index in [1.165, 1.54) is 9.80 Å². The molecule has 2 saturated heterocycles. The lowest BCUT2D eigenvalue weighted by atomic mass is 10.2. The Hall–Kier alpha value is -3.31. The quantitative estimate of drug-likeness (QED) is 0.641. The zero-order valence-electron chi connectivity index (χ0n) is 19.7. The van der Waals surface area contributed by atoms with Gasteiger partial charge in [0.2, 0.25) is 0 Å². The van der Waals surface area contributed by atoms with E-state index in [0.717, 1.165) is 17.0 Å². The highest BCUT2D eigenvalue weighted by atomic mass is 19.1. The van der Waals surface area contributed by atoms with E-state index in [4.69, 9.17) is 14.2 Å². The lowest BCUT2D eigenvalue weighted by Gasteiger charge is -2.37. The number of hydrogen-bond acceptors (Lipinski definition) is 7. The van der Waals surface area contributed by atoms with Crippen LogP contribution in [-0.4, -0.2) is 80.8 Å². The van der Waals surface area contributed by atoms with E-state index in [0.29, 0.717) is 0 Å². The predicted octanol–water partition coefficient (Wildman–Crippen LogP) is 3.09. The van der Waals surface area contributed by atoms with Gasteiger partial charge in [-0.3, -0.25) is 4.90 Å². The molecule has 0 bridgehead atoms. The fraction of sp³-hybridized carbons (Fsp3) is 0.591. The van der Waals surface area contributed by atoms with Crippen LogP contribution in [0.2, 0.25) is 0 Å². The highest BCUT2D eigenvalue weighted by Crippen LogP contribution is 2.31. The van der Waals surface area contributed by atoms with Gasteiger partial charge in [0.1, 0.15) is 17.4 Å². The molecule has 2 aliphatic rings. The number of alkyl carbamates (subject to hydrolysis) is 1. The topological polar surface area (TPSA) is 101 Å². The third-order valence-corrected chi connectivity index (χ3v) is 5.18. The molecule has 188 valence electrons. The smallest absolute Gasteiger partial charge is 0.414 e. The molecule has 2 aliphatic heterocycles. The Labute approximate surface area is 196 Å². The normalized spacial score (nSPS) is 18.6. The molecule has 0 unspecified atom stereocenters. The van der Waals surface area contributed by atoms with Gasteiger partial charge in [0.05, 0.1) is 25.4 Å². The average molecular weight is 485 g/mol. The Bertz CT molecular complexity index is 907. The minimum absolute atomic E-state index is 0.00600. The fourth-order valence-electron chi connectivity index (χ4n) is 3.67. The molecule has 0 aliphatic carbocycles. The van der Waals surface area contributed by atoms with Crippen molar-refractivity contribution in [1.82, 2.24) is 10.2 Å². The van der Waals surface area contributed by atoms with Gasteiger partial charge in [0.15, 0.2) is 11.6 Å². The molecule has 2 heterocycles. The van der Waals surface area contributed by atoms with E-state index >= 15 is 0 Å². The van der Waals surface area contributed by atoms with Gasteiger partial charge in [-0.1, -0.05) is 0 Å². The van der Waals surface area contributed by atoms with Crippen LogP contribution in [0.1, 0.15) is 27.7 Å². The molecule has 12 heteroatoms. The zero-order chi connectivity index (χ0) is 25.0. The minimum Gasteiger partial charge on any atom is -0.450 e. The lowest BCUT2D eigenvalue weighted by Crippen LogP contribution is -2.50. The molecule has 3 amide bonds. The summed E-state index contributed by atoms with van der Waals surface area (Å²) in [6, 6.07) is 2.14. The Balaban J connectivity index is 1.63. The summed E-state index contributed by atoms with van der Waals surface area (Å²) in [5.41, 5.74) is -0.845. The van der Waals surface area contributed by atoms with Crippen molar-refractivity contribution in [3.8, 4) is 0 Å². The van der Waals surface area contributed by atoms with Gasteiger partial charge < -0.3 is 29.3 Å². The first-order valence-electron chi connectivity index (χ1n) is 11.1. The summed E-state index contributed by atoms with van der Waals surface area (Å²) in [4.78, 5) is 40.0. The molecule has 34 heavy (non-hydrogen) atoms. The molecule has 1 atom stereocenters. The molecule has 1 N–H and O–H groups in total. The van der Waals surface area contributed by atoms with E-state index in [1.807, 2.05) is 0 Å². The SMILES string of the molecule is CCOC(=O)NC[C@H]1CN(c2cc(F)c(N3CCN(C(=O)OC(C)(C)C)CC3)c(F)c2)C(=O)O1. The van der Waals surface area contributed by atoms with Crippen LogP contribution >= 0.6 is 0 Å². The minimum atomic E-state index is -0.832. The van der Waals surface area contributed by atoms with Gasteiger partial charge in [-0.05, 0) is 27.7 Å². The van der Waals surface area contributed by atoms with E-state index < -0.39 is 41.6 Å². The van der Waals surface area contributed by atoms with Crippen molar-refractivity contribution in [2.45, 2.75) is 39.4 Å². The highest BCUT2D eigenvalue weighted by Gasteiger charge is 2.34. The summed E-state index contributed by atoms with van der Waals surface area (Å²) in [5, 5.41) is 2.46. The number of rotatable bonds is 5. The second-order valence-electron chi connectivity index (χ2n) is 8.93. The molecule has 1 aromatic rings. The molecule has 0 aromatic heterocycles. The number of ether oxygens (including phenoxy) is 3. The monoisotopic (exact) mass is 484 g/mol. The van der Waals surface area contributed by atoms with Crippen molar-refractivity contribution >= 4 is 29.7 Å². The fourth-order valence-corrected chi connectivity index (χ4v) is 3.67. The van der Waals surface area contributed by atoms with Crippen LogP contribution < -0.4 is 15.1 Å². The second-order valence-corrected chi connectivity index (χ2v) is 8.93. The lowest BCUT2D eigenvalue weighted by molar-refractivity contribution is 0.0240. The standard InChI is InChI=1S/C22H30F2N4O6/c1-5-32-19(29)25-12-15-13-28(21(31)33-15)14-10-16(23)18(17(24)11-14)26-6-8-27(9-7-26)20(30)34-22(2,3)4/h10-11,15H,5-9,12-13H2,1-4H3,(H,25,29)/t15-/m0/s1. The van der Waals surface area contributed by atoms with Gasteiger partial charge in [-0.25, -0.2) is 23.2 Å². The summed E-state index contributed by atoms with van der Waals surface area (Å²) in [5.74, 6) is -1.66. The number of cyclic esters (lactones) is 1. The molecule has 0 spiro atoms. The number of halogens is 2. The second kappa shape index (κ2) is 10.3. The van der Waals surface area contributed by atoms with E-state index in [-0.39, 0.29) is 57.3 Å². The molecule has 3 rings (SSSR count). The van der Waals surface area contributed by atoms with Crippen LogP contribution in [0.3, 0.4) is 0 Å². The Morgan fingerprint density at radius 3 is 2.32 bits per heavy atom. The molecule has 1 aromatic carbocycles. The van der Waals surface area contributed by atoms with E-state index in [9.17, 15) is 23.2 Å². The van der Waals surface area contributed by atoms with Crippen molar-refractivity contribution < 1.29 is 37.4 Å². The summed E-state index contributed by atoms with van der Waals surface area (Å²) in [6.45, 7) is 8.12. The maximum atomic E-state index is 15.0. The van der Waals surface area contributed by atoms with Crippen LogP contribution in [-0.2, 0) is 14.2 Å². The van der Waals surface area contributed by atoms with Gasteiger partial charge >= 0.3 is 18.3 Å². The van der Waals surface area contributed by atoms with Crippen LogP contribution in [0.4, 0.5) is 34.5 Å². The molecular weight excluding hydrogens is 454 g/mol. The molecule has 0 radical (unpaired) electrons. The number of carbonyl (C=O) groups is 3. The summed E-state index contributed by atoms with van der Waals surface area (Å²) in [7, 11) is 0. The third-order valence-electron chi connectivity index (χ3n) is 5.18. The largest absolute Gasteiger partial charge is 0.450 e. The van der Waals surface area contributed by atoms with Crippen molar-refractivity contribution in [2.24, 2.45) is 0 Å². The number of nitrogens with zero attached hydrogens (tertiary/aromatic N) is 3. The Kier molecular flexibility index (Phi) is 7.68. The number of carbonyl (C=O) groups excluding carboxylic acids is 3. The van der Waals surface area contributed by atoms with Crippen LogP contribution in [0.25, 0.3) is 0 Å². The van der Waals surface area contributed by atoms with Crippen molar-refractivity contribution in [2.75, 3.05) is 55.7 Å². The highest BCUT2D eigenvalue weighted by molar-refractivity contribution is 5.90. The number of benzene rings is 1. The summed E-state index contributed by atoms with van der Waals surface area (Å²) in [6.07, 6.45) is -2.58. The first-order chi connectivity index (χ1) is 16.0. The molecule has 10 nitrogen and oxygen atoms in total. The zero-order valence-corrected chi connectivity index (χ0v) is 19.7. The maximum absolute atomic E-state index is 15.0. The summed E-state index contributed by atoms with van der Waals surface area (Å²) < 4.78 is 45.2. The van der Waals surface area contributed by atoms with Gasteiger partial charge in [-0.15, -0.1) is 0 Å². The van der Waals surface area contributed by atoms with Crippen molar-refractivity contribution in [1.29, 1.82) is 0 Å². The average Bonchev–Trinajstić information content (AvgIpc) is 3.12. The van der Waals surface area contributed by atoms with Gasteiger partial charge in [-0.2, -0.15) is 0 Å². The first kappa shape index (κ1) is 25.3. The van der Waals surface area contributed by atoms with Crippen LogP contribution in [0, 0.1) is 11.6 Å². The van der Waals surface area contributed by atoms with Crippen molar-refractivity contribution in [3.63, 3.8) is 0 Å². The molecule has 0 saturated carbocycles. The Morgan fingerprint density at radius 2 is 1.76 bits per heavy atom. The maximum Gasteiger partial charge on any atom is 0.414 e. The van der Waals surface area contributed by atoms with Gasteiger partial charge in [0, 0.05) is 38.3 Å². The van der Waals surface area contributed by atoms with E-state index in [1.54, 1.807) is 27.7 Å². The Morgan fingerprint density at radius 1 is 1.15 bits per heavy atom. The van der Waals surface area contributed by atoms with Crippen molar-refractivity contribution in [3.05, 3.63) is 23.8 Å². The van der Waals surface area contributed by atoms with Gasteiger partial charge in [0.25, 0.3) is 0 Å². The number of anilines is 2. The third kappa shape index (κ3) is 6.17. The van der Waals surface area contributed by atoms with E-state index in [2.05, 4.69) is 5.32 Å². The van der Waals surface area contributed by atoms with Crippen LogP contribution in [0.5, 0.6) is 0 Å². The number of amides is 3. The molecule has 2 fully saturated rings. The first-order valence-corrected chi connectivity index (χ1v) is 11.1. The number of nitrogens with one attached hydrogen (secondary N) is 1. The molecular formula is C22H30F2N4O6. The number of hydrogen-bond donors (Lipinski definition) is 1. The summed E-state index contributed by atoms with van der Waals surface area (Å²) >= 11 is 0. The van der Waals surface area contributed by atoms with Crippen LogP contribution in [0.15, 0.2) is 12.1 Å².